The zero-order chi connectivity index (χ0) is 12.3. The van der Waals surface area contributed by atoms with Crippen LogP contribution in [0.25, 0.3) is 0 Å². The van der Waals surface area contributed by atoms with Crippen molar-refractivity contribution < 1.29 is 4.74 Å². The highest BCUT2D eigenvalue weighted by molar-refractivity contribution is 5.79. The number of hydrogen-bond donors (Lipinski definition) is 0. The SMILES string of the molecule is COC1=NCCCCC1C1CCC(C)(C)CC1. The molecular formula is C15H27NO. The molecule has 1 aliphatic heterocycles. The van der Waals surface area contributed by atoms with E-state index in [1.165, 1.54) is 44.9 Å². The fourth-order valence-electron chi connectivity index (χ4n) is 3.38. The van der Waals surface area contributed by atoms with Crippen molar-refractivity contribution in [3.63, 3.8) is 0 Å². The lowest BCUT2D eigenvalue weighted by atomic mass is 9.68. The Morgan fingerprint density at radius 1 is 1.12 bits per heavy atom. The Bertz CT molecular complexity index is 273. The molecule has 1 aliphatic carbocycles. The van der Waals surface area contributed by atoms with E-state index in [4.69, 9.17) is 4.74 Å². The van der Waals surface area contributed by atoms with E-state index < -0.39 is 0 Å². The van der Waals surface area contributed by atoms with Crippen LogP contribution in [-0.4, -0.2) is 19.6 Å². The molecule has 98 valence electrons. The van der Waals surface area contributed by atoms with Crippen LogP contribution in [0.4, 0.5) is 0 Å². The molecule has 1 saturated carbocycles. The van der Waals surface area contributed by atoms with Gasteiger partial charge in [-0.2, -0.15) is 0 Å². The normalized spacial score (nSPS) is 30.5. The van der Waals surface area contributed by atoms with Gasteiger partial charge in [0.05, 0.1) is 7.11 Å². The molecule has 1 atom stereocenters. The van der Waals surface area contributed by atoms with Crippen LogP contribution in [0, 0.1) is 17.3 Å². The third-order valence-corrected chi connectivity index (χ3v) is 4.67. The first kappa shape index (κ1) is 12.9. The average molecular weight is 237 g/mol. The molecule has 2 aliphatic rings. The minimum atomic E-state index is 0.561. The minimum absolute atomic E-state index is 0.561. The van der Waals surface area contributed by atoms with Gasteiger partial charge in [0.1, 0.15) is 0 Å². The predicted octanol–water partition coefficient (Wildman–Crippen LogP) is 4.05. The molecule has 0 N–H and O–H groups in total. The largest absolute Gasteiger partial charge is 0.484 e. The zero-order valence-corrected chi connectivity index (χ0v) is 11.7. The summed E-state index contributed by atoms with van der Waals surface area (Å²) in [6.45, 7) is 5.78. The van der Waals surface area contributed by atoms with Crippen molar-refractivity contribution in [3.8, 4) is 0 Å². The van der Waals surface area contributed by atoms with E-state index in [0.717, 1.165) is 18.4 Å². The van der Waals surface area contributed by atoms with Gasteiger partial charge in [0, 0.05) is 12.5 Å². The van der Waals surface area contributed by atoms with E-state index in [2.05, 4.69) is 18.8 Å². The average Bonchev–Trinajstić information content (AvgIpc) is 2.54. The highest BCUT2D eigenvalue weighted by Gasteiger charge is 2.34. The van der Waals surface area contributed by atoms with Crippen molar-refractivity contribution in [1.29, 1.82) is 0 Å². The number of aliphatic imine (C=N–C) groups is 1. The maximum absolute atomic E-state index is 5.54. The van der Waals surface area contributed by atoms with Gasteiger partial charge >= 0.3 is 0 Å². The van der Waals surface area contributed by atoms with Crippen LogP contribution in [0.3, 0.4) is 0 Å². The van der Waals surface area contributed by atoms with Crippen molar-refractivity contribution in [2.75, 3.05) is 13.7 Å². The molecular weight excluding hydrogens is 210 g/mol. The molecule has 2 nitrogen and oxygen atoms in total. The van der Waals surface area contributed by atoms with Gasteiger partial charge in [0.15, 0.2) is 5.90 Å². The van der Waals surface area contributed by atoms with Crippen molar-refractivity contribution in [2.45, 2.75) is 58.8 Å². The lowest BCUT2D eigenvalue weighted by molar-refractivity contribution is 0.156. The molecule has 0 amide bonds. The Balaban J connectivity index is 2.00. The number of rotatable bonds is 1. The third-order valence-electron chi connectivity index (χ3n) is 4.67. The van der Waals surface area contributed by atoms with Gasteiger partial charge in [0.2, 0.25) is 0 Å². The molecule has 0 bridgehead atoms. The smallest absolute Gasteiger partial charge is 0.186 e. The molecule has 17 heavy (non-hydrogen) atoms. The van der Waals surface area contributed by atoms with Crippen molar-refractivity contribution >= 4 is 5.90 Å². The van der Waals surface area contributed by atoms with Gasteiger partial charge in [0.25, 0.3) is 0 Å². The van der Waals surface area contributed by atoms with E-state index in [1.54, 1.807) is 7.11 Å². The fourth-order valence-corrected chi connectivity index (χ4v) is 3.38. The lowest BCUT2D eigenvalue weighted by Crippen LogP contribution is -2.30. The quantitative estimate of drug-likeness (QED) is 0.674. The Morgan fingerprint density at radius 3 is 2.47 bits per heavy atom. The summed E-state index contributed by atoms with van der Waals surface area (Å²) >= 11 is 0. The van der Waals surface area contributed by atoms with E-state index in [0.29, 0.717) is 11.3 Å². The second kappa shape index (κ2) is 5.41. The van der Waals surface area contributed by atoms with Gasteiger partial charge in [-0.3, -0.25) is 4.99 Å². The van der Waals surface area contributed by atoms with Crippen LogP contribution >= 0.6 is 0 Å². The summed E-state index contributed by atoms with van der Waals surface area (Å²) in [5.41, 5.74) is 0.561. The first-order valence-electron chi connectivity index (χ1n) is 7.21. The molecule has 0 aromatic carbocycles. The summed E-state index contributed by atoms with van der Waals surface area (Å²) in [5.74, 6) is 2.48. The van der Waals surface area contributed by atoms with Gasteiger partial charge in [-0.15, -0.1) is 0 Å². The number of nitrogens with zero attached hydrogens (tertiary/aromatic N) is 1. The summed E-state index contributed by atoms with van der Waals surface area (Å²) in [6.07, 6.45) is 9.30. The standard InChI is InChI=1S/C15H27NO/c1-15(2)9-7-12(8-10-15)13-6-4-5-11-16-14(13)17-3/h12-13H,4-11H2,1-3H3. The van der Waals surface area contributed by atoms with E-state index >= 15 is 0 Å². The maximum atomic E-state index is 5.54. The van der Waals surface area contributed by atoms with Crippen LogP contribution in [0.1, 0.15) is 58.8 Å². The van der Waals surface area contributed by atoms with Crippen LogP contribution in [0.2, 0.25) is 0 Å². The van der Waals surface area contributed by atoms with Crippen LogP contribution < -0.4 is 0 Å². The van der Waals surface area contributed by atoms with Gasteiger partial charge in [-0.05, 0) is 49.9 Å². The fraction of sp³-hybridized carbons (Fsp3) is 0.933. The zero-order valence-electron chi connectivity index (χ0n) is 11.7. The molecule has 0 aromatic heterocycles. The molecule has 0 radical (unpaired) electrons. The second-order valence-electron chi connectivity index (χ2n) is 6.53. The first-order valence-corrected chi connectivity index (χ1v) is 7.21. The van der Waals surface area contributed by atoms with Gasteiger partial charge in [-0.25, -0.2) is 0 Å². The summed E-state index contributed by atoms with van der Waals surface area (Å²) in [4.78, 5) is 4.63. The van der Waals surface area contributed by atoms with E-state index in [1.807, 2.05) is 0 Å². The minimum Gasteiger partial charge on any atom is -0.484 e. The highest BCUT2D eigenvalue weighted by atomic mass is 16.5. The summed E-state index contributed by atoms with van der Waals surface area (Å²) in [5, 5.41) is 0. The van der Waals surface area contributed by atoms with Crippen LogP contribution in [0.5, 0.6) is 0 Å². The van der Waals surface area contributed by atoms with Crippen molar-refractivity contribution in [3.05, 3.63) is 0 Å². The van der Waals surface area contributed by atoms with Gasteiger partial charge < -0.3 is 4.74 Å². The molecule has 2 heteroatoms. The lowest BCUT2D eigenvalue weighted by Gasteiger charge is -2.37. The molecule has 1 heterocycles. The number of ether oxygens (including phenoxy) is 1. The van der Waals surface area contributed by atoms with Crippen molar-refractivity contribution in [1.82, 2.24) is 0 Å². The second-order valence-corrected chi connectivity index (χ2v) is 6.53. The van der Waals surface area contributed by atoms with E-state index in [9.17, 15) is 0 Å². The van der Waals surface area contributed by atoms with Crippen LogP contribution in [-0.2, 0) is 4.74 Å². The third kappa shape index (κ3) is 3.23. The Morgan fingerprint density at radius 2 is 1.82 bits per heavy atom. The Kier molecular flexibility index (Phi) is 4.11. The summed E-state index contributed by atoms with van der Waals surface area (Å²) in [6, 6.07) is 0. The topological polar surface area (TPSA) is 21.6 Å². The Labute approximate surface area is 106 Å². The maximum Gasteiger partial charge on any atom is 0.186 e. The number of methoxy groups -OCH3 is 1. The summed E-state index contributed by atoms with van der Waals surface area (Å²) in [7, 11) is 1.80. The summed E-state index contributed by atoms with van der Waals surface area (Å²) < 4.78 is 5.54. The number of hydrogen-bond acceptors (Lipinski definition) is 2. The first-order chi connectivity index (χ1) is 8.12. The molecule has 0 spiro atoms. The molecule has 1 fully saturated rings. The highest BCUT2D eigenvalue weighted by Crippen LogP contribution is 2.42. The molecule has 0 aromatic rings. The molecule has 1 unspecified atom stereocenters. The predicted molar refractivity (Wildman–Crippen MR) is 72.4 cm³/mol. The molecule has 2 rings (SSSR count). The van der Waals surface area contributed by atoms with Crippen LogP contribution in [0.15, 0.2) is 4.99 Å². The molecule has 0 saturated heterocycles. The monoisotopic (exact) mass is 237 g/mol. The van der Waals surface area contributed by atoms with Gasteiger partial charge in [-0.1, -0.05) is 20.3 Å². The Hall–Kier alpha value is -0.530. The van der Waals surface area contributed by atoms with E-state index in [-0.39, 0.29) is 0 Å². The van der Waals surface area contributed by atoms with Crippen molar-refractivity contribution in [2.24, 2.45) is 22.2 Å².